The fourth-order valence-corrected chi connectivity index (χ4v) is 1.73. The second kappa shape index (κ2) is 6.51. The van der Waals surface area contributed by atoms with Crippen LogP contribution in [-0.2, 0) is 4.74 Å². The number of aryl methyl sites for hydroxylation is 1. The van der Waals surface area contributed by atoms with Gasteiger partial charge in [0, 0.05) is 27.3 Å². The van der Waals surface area contributed by atoms with Gasteiger partial charge in [0.25, 0.3) is 0 Å². The lowest BCUT2D eigenvalue weighted by Crippen LogP contribution is -2.23. The Balaban J connectivity index is 2.91. The molecule has 0 aliphatic carbocycles. The van der Waals surface area contributed by atoms with Gasteiger partial charge in [-0.2, -0.15) is 0 Å². The quantitative estimate of drug-likeness (QED) is 0.441. The zero-order valence-corrected chi connectivity index (χ0v) is 11.0. The summed E-state index contributed by atoms with van der Waals surface area (Å²) in [5, 5.41) is 0.195. The van der Waals surface area contributed by atoms with Crippen LogP contribution in [0.25, 0.3) is 0 Å². The first kappa shape index (κ1) is 13.9. The van der Waals surface area contributed by atoms with E-state index in [1.165, 1.54) is 0 Å². The zero-order chi connectivity index (χ0) is 12.8. The van der Waals surface area contributed by atoms with Crippen LogP contribution in [0.5, 0.6) is 0 Å². The second-order valence-corrected chi connectivity index (χ2v) is 4.04. The van der Waals surface area contributed by atoms with E-state index in [0.717, 1.165) is 13.0 Å². The summed E-state index contributed by atoms with van der Waals surface area (Å²) < 4.78 is 4.98. The first-order chi connectivity index (χ1) is 8.10. The summed E-state index contributed by atoms with van der Waals surface area (Å²) >= 11 is 5.91. The van der Waals surface area contributed by atoms with E-state index in [4.69, 9.17) is 16.3 Å². The smallest absolute Gasteiger partial charge is 0.156 e. The highest BCUT2D eigenvalue weighted by Gasteiger charge is 2.14. The van der Waals surface area contributed by atoms with Crippen molar-refractivity contribution in [1.82, 2.24) is 9.97 Å². The Labute approximate surface area is 106 Å². The first-order valence-corrected chi connectivity index (χ1v) is 5.67. The van der Waals surface area contributed by atoms with Gasteiger partial charge in [-0.3, -0.25) is 4.79 Å². The molecule has 1 aromatic heterocycles. The van der Waals surface area contributed by atoms with Gasteiger partial charge < -0.3 is 9.64 Å². The zero-order valence-electron chi connectivity index (χ0n) is 10.2. The number of aldehydes is 1. The van der Waals surface area contributed by atoms with E-state index in [9.17, 15) is 4.79 Å². The number of anilines is 1. The number of nitrogens with zero attached hydrogens (tertiary/aromatic N) is 3. The number of methoxy groups -OCH3 is 1. The van der Waals surface area contributed by atoms with E-state index < -0.39 is 0 Å². The minimum Gasteiger partial charge on any atom is -0.385 e. The van der Waals surface area contributed by atoms with E-state index in [0.29, 0.717) is 30.1 Å². The van der Waals surface area contributed by atoms with Gasteiger partial charge in [0.2, 0.25) is 0 Å². The molecule has 0 fully saturated rings. The SMILES string of the molecule is COCCCN(C)c1nc(C)nc(Cl)c1C=O. The molecular formula is C11H16ClN3O2. The van der Waals surface area contributed by atoms with Gasteiger partial charge in [-0.25, -0.2) is 9.97 Å². The fraction of sp³-hybridized carbons (Fsp3) is 0.545. The monoisotopic (exact) mass is 257 g/mol. The van der Waals surface area contributed by atoms with E-state index in [-0.39, 0.29) is 5.15 Å². The molecule has 0 saturated heterocycles. The van der Waals surface area contributed by atoms with Crippen molar-refractivity contribution in [2.24, 2.45) is 0 Å². The molecule has 17 heavy (non-hydrogen) atoms. The molecule has 0 radical (unpaired) electrons. The lowest BCUT2D eigenvalue weighted by molar-refractivity contribution is 0.112. The minimum absolute atomic E-state index is 0.195. The maximum Gasteiger partial charge on any atom is 0.156 e. The van der Waals surface area contributed by atoms with Crippen LogP contribution < -0.4 is 4.90 Å². The maximum absolute atomic E-state index is 11.0. The third kappa shape index (κ3) is 3.64. The Morgan fingerprint density at radius 3 is 2.76 bits per heavy atom. The number of rotatable bonds is 6. The highest BCUT2D eigenvalue weighted by atomic mass is 35.5. The summed E-state index contributed by atoms with van der Waals surface area (Å²) in [5.41, 5.74) is 0.331. The molecule has 0 aromatic carbocycles. The molecular weight excluding hydrogens is 242 g/mol. The van der Waals surface area contributed by atoms with E-state index in [1.807, 2.05) is 11.9 Å². The molecule has 1 rings (SSSR count). The standard InChI is InChI=1S/C11H16ClN3O2/c1-8-13-10(12)9(7-16)11(14-8)15(2)5-4-6-17-3/h7H,4-6H2,1-3H3. The molecule has 0 spiro atoms. The molecule has 0 bridgehead atoms. The molecule has 1 aromatic rings. The predicted octanol–water partition coefficient (Wildman–Crippen LogP) is 1.72. The molecule has 6 heteroatoms. The number of ether oxygens (including phenoxy) is 1. The summed E-state index contributed by atoms with van der Waals surface area (Å²) in [6.45, 7) is 3.15. The Hall–Kier alpha value is -1.20. The Morgan fingerprint density at radius 2 is 2.18 bits per heavy atom. The maximum atomic E-state index is 11.0. The second-order valence-electron chi connectivity index (χ2n) is 3.68. The van der Waals surface area contributed by atoms with Crippen LogP contribution >= 0.6 is 11.6 Å². The van der Waals surface area contributed by atoms with Gasteiger partial charge in [0.1, 0.15) is 16.8 Å². The summed E-state index contributed by atoms with van der Waals surface area (Å²) in [6, 6.07) is 0. The summed E-state index contributed by atoms with van der Waals surface area (Å²) in [7, 11) is 3.52. The molecule has 5 nitrogen and oxygen atoms in total. The Bertz CT molecular complexity index is 399. The van der Waals surface area contributed by atoms with Crippen molar-refractivity contribution in [1.29, 1.82) is 0 Å². The highest BCUT2D eigenvalue weighted by molar-refractivity contribution is 6.32. The Morgan fingerprint density at radius 1 is 1.47 bits per heavy atom. The lowest BCUT2D eigenvalue weighted by Gasteiger charge is -2.20. The number of hydrogen-bond donors (Lipinski definition) is 0. The van der Waals surface area contributed by atoms with Crippen molar-refractivity contribution in [3.8, 4) is 0 Å². The number of carbonyl (C=O) groups excluding carboxylic acids is 1. The topological polar surface area (TPSA) is 55.3 Å². The summed E-state index contributed by atoms with van der Waals surface area (Å²) in [5.74, 6) is 1.11. The van der Waals surface area contributed by atoms with Crippen LogP contribution in [0.1, 0.15) is 22.6 Å². The van der Waals surface area contributed by atoms with Crippen molar-refractivity contribution in [2.75, 3.05) is 32.2 Å². The number of aromatic nitrogens is 2. The molecule has 0 amide bonds. The van der Waals surface area contributed by atoms with Crippen LogP contribution in [0.15, 0.2) is 0 Å². The molecule has 0 aliphatic heterocycles. The molecule has 94 valence electrons. The average Bonchev–Trinajstić information content (AvgIpc) is 2.28. The fourth-order valence-electron chi connectivity index (χ4n) is 1.48. The van der Waals surface area contributed by atoms with E-state index in [2.05, 4.69) is 9.97 Å². The predicted molar refractivity (Wildman–Crippen MR) is 66.9 cm³/mol. The van der Waals surface area contributed by atoms with Crippen LogP contribution in [0.2, 0.25) is 5.15 Å². The average molecular weight is 258 g/mol. The first-order valence-electron chi connectivity index (χ1n) is 5.29. The van der Waals surface area contributed by atoms with Crippen molar-refractivity contribution in [2.45, 2.75) is 13.3 Å². The molecule has 0 unspecified atom stereocenters. The largest absolute Gasteiger partial charge is 0.385 e. The van der Waals surface area contributed by atoms with Crippen molar-refractivity contribution >= 4 is 23.7 Å². The number of halogens is 1. The van der Waals surface area contributed by atoms with Crippen molar-refractivity contribution in [3.63, 3.8) is 0 Å². The normalized spacial score (nSPS) is 10.4. The van der Waals surface area contributed by atoms with Gasteiger partial charge in [-0.1, -0.05) is 11.6 Å². The van der Waals surface area contributed by atoms with Gasteiger partial charge in [0.05, 0.1) is 5.56 Å². The van der Waals surface area contributed by atoms with Crippen LogP contribution in [0, 0.1) is 6.92 Å². The molecule has 1 heterocycles. The summed E-state index contributed by atoms with van der Waals surface area (Å²) in [6.07, 6.45) is 1.54. The number of carbonyl (C=O) groups is 1. The van der Waals surface area contributed by atoms with Gasteiger partial charge >= 0.3 is 0 Å². The number of hydrogen-bond acceptors (Lipinski definition) is 5. The van der Waals surface area contributed by atoms with Crippen LogP contribution in [-0.4, -0.2) is 43.6 Å². The Kier molecular flexibility index (Phi) is 5.31. The highest BCUT2D eigenvalue weighted by Crippen LogP contribution is 2.21. The lowest BCUT2D eigenvalue weighted by atomic mass is 10.3. The van der Waals surface area contributed by atoms with E-state index >= 15 is 0 Å². The molecule has 0 aliphatic rings. The van der Waals surface area contributed by atoms with Crippen LogP contribution in [0.3, 0.4) is 0 Å². The van der Waals surface area contributed by atoms with Crippen molar-refractivity contribution < 1.29 is 9.53 Å². The van der Waals surface area contributed by atoms with Gasteiger partial charge in [-0.05, 0) is 13.3 Å². The molecule has 0 atom stereocenters. The summed E-state index contributed by atoms with van der Waals surface area (Å²) in [4.78, 5) is 21.1. The third-order valence-electron chi connectivity index (χ3n) is 2.31. The molecule has 0 saturated carbocycles. The molecule has 0 N–H and O–H groups in total. The van der Waals surface area contributed by atoms with E-state index in [1.54, 1.807) is 14.0 Å². The van der Waals surface area contributed by atoms with Gasteiger partial charge in [0.15, 0.2) is 6.29 Å². The van der Waals surface area contributed by atoms with Crippen LogP contribution in [0.4, 0.5) is 5.82 Å². The third-order valence-corrected chi connectivity index (χ3v) is 2.60. The minimum atomic E-state index is 0.195. The van der Waals surface area contributed by atoms with Gasteiger partial charge in [-0.15, -0.1) is 0 Å². The van der Waals surface area contributed by atoms with Crippen molar-refractivity contribution in [3.05, 3.63) is 16.5 Å².